The molecule has 80 valence electrons. The van der Waals surface area contributed by atoms with E-state index in [0.29, 0.717) is 12.2 Å². The van der Waals surface area contributed by atoms with Gasteiger partial charge in [0, 0.05) is 13.0 Å². The molecule has 2 N–H and O–H groups in total. The van der Waals surface area contributed by atoms with E-state index < -0.39 is 5.72 Å². The first-order valence-corrected chi connectivity index (χ1v) is 5.08. The van der Waals surface area contributed by atoms with Gasteiger partial charge in [0.1, 0.15) is 0 Å². The van der Waals surface area contributed by atoms with Crippen LogP contribution in [0.4, 0.5) is 0 Å². The van der Waals surface area contributed by atoms with Gasteiger partial charge in [-0.15, -0.1) is 0 Å². The highest BCUT2D eigenvalue weighted by Crippen LogP contribution is 2.40. The van der Waals surface area contributed by atoms with Crippen LogP contribution in [0.25, 0.3) is 0 Å². The minimum absolute atomic E-state index is 0.00829. The lowest BCUT2D eigenvalue weighted by Gasteiger charge is -2.27. The predicted octanol–water partition coefficient (Wildman–Crippen LogP) is 0.444. The zero-order chi connectivity index (χ0) is 10.3. The number of fused-ring (bicyclic) bond motifs is 1. The Labute approximate surface area is 83.7 Å². The van der Waals surface area contributed by atoms with E-state index in [9.17, 15) is 4.79 Å². The third-order valence-electron chi connectivity index (χ3n) is 3.29. The van der Waals surface area contributed by atoms with Crippen molar-refractivity contribution >= 4 is 5.78 Å². The molecule has 0 aromatic rings. The van der Waals surface area contributed by atoms with Gasteiger partial charge < -0.3 is 9.47 Å². The number of rotatable bonds is 3. The summed E-state index contributed by atoms with van der Waals surface area (Å²) in [5.74, 6) is 0.0302. The fourth-order valence-electron chi connectivity index (χ4n) is 2.15. The second-order valence-electron chi connectivity index (χ2n) is 4.40. The molecule has 1 aliphatic heterocycles. The maximum atomic E-state index is 11.9. The molecular formula is C10H17NO3. The number of carbonyl (C=O) groups excluding carboxylic acids is 1. The standard InChI is InChI=1S/C10H17NO3/c1-10(11,13-2)9(12)6-3-4-7-8(5-6)14-7/h6-8H,3-5,11H2,1-2H3. The van der Waals surface area contributed by atoms with E-state index in [1.54, 1.807) is 6.92 Å². The lowest BCUT2D eigenvalue weighted by molar-refractivity contribution is -0.143. The Morgan fingerprint density at radius 2 is 2.21 bits per heavy atom. The van der Waals surface area contributed by atoms with Crippen LogP contribution < -0.4 is 5.73 Å². The molecule has 0 amide bonds. The van der Waals surface area contributed by atoms with Gasteiger partial charge in [0.25, 0.3) is 0 Å². The number of hydrogen-bond donors (Lipinski definition) is 1. The smallest absolute Gasteiger partial charge is 0.182 e. The van der Waals surface area contributed by atoms with Crippen molar-refractivity contribution in [3.05, 3.63) is 0 Å². The molecule has 0 aromatic heterocycles. The van der Waals surface area contributed by atoms with Gasteiger partial charge in [-0.3, -0.25) is 10.5 Å². The Kier molecular flexibility index (Phi) is 2.37. The second kappa shape index (κ2) is 3.29. The summed E-state index contributed by atoms with van der Waals surface area (Å²) in [4.78, 5) is 11.9. The molecular weight excluding hydrogens is 182 g/mol. The van der Waals surface area contributed by atoms with Gasteiger partial charge in [-0.1, -0.05) is 0 Å². The number of hydrogen-bond acceptors (Lipinski definition) is 4. The summed E-state index contributed by atoms with van der Waals surface area (Å²) < 4.78 is 10.4. The predicted molar refractivity (Wildman–Crippen MR) is 50.6 cm³/mol. The molecule has 0 aromatic carbocycles. The number of ether oxygens (including phenoxy) is 2. The Balaban J connectivity index is 1.97. The van der Waals surface area contributed by atoms with E-state index in [0.717, 1.165) is 19.3 Å². The Morgan fingerprint density at radius 3 is 2.79 bits per heavy atom. The van der Waals surface area contributed by atoms with Gasteiger partial charge in [-0.2, -0.15) is 0 Å². The highest BCUT2D eigenvalue weighted by molar-refractivity contribution is 5.88. The van der Waals surface area contributed by atoms with E-state index >= 15 is 0 Å². The largest absolute Gasteiger partial charge is 0.370 e. The van der Waals surface area contributed by atoms with E-state index in [2.05, 4.69) is 0 Å². The van der Waals surface area contributed by atoms with Crippen LogP contribution in [0.2, 0.25) is 0 Å². The quantitative estimate of drug-likeness (QED) is 0.529. The summed E-state index contributed by atoms with van der Waals surface area (Å²) in [6.07, 6.45) is 3.42. The number of epoxide rings is 1. The number of methoxy groups -OCH3 is 1. The molecule has 4 atom stereocenters. The molecule has 1 aliphatic carbocycles. The second-order valence-corrected chi connectivity index (χ2v) is 4.40. The first-order chi connectivity index (χ1) is 6.54. The van der Waals surface area contributed by atoms with Gasteiger partial charge in [-0.25, -0.2) is 0 Å². The lowest BCUT2D eigenvalue weighted by Crippen LogP contribution is -2.50. The molecule has 2 aliphatic rings. The van der Waals surface area contributed by atoms with Crippen molar-refractivity contribution in [2.45, 2.75) is 44.1 Å². The van der Waals surface area contributed by atoms with E-state index in [1.165, 1.54) is 7.11 Å². The van der Waals surface area contributed by atoms with Crippen LogP contribution in [0.1, 0.15) is 26.2 Å². The van der Waals surface area contributed by atoms with Gasteiger partial charge in [-0.05, 0) is 26.2 Å². The summed E-state index contributed by atoms with van der Waals surface area (Å²) in [5.41, 5.74) is 4.60. The molecule has 4 unspecified atom stereocenters. The Bertz CT molecular complexity index is 252. The van der Waals surface area contributed by atoms with Crippen LogP contribution in [0.15, 0.2) is 0 Å². The summed E-state index contributed by atoms with van der Waals surface area (Å²) >= 11 is 0. The van der Waals surface area contributed by atoms with Crippen molar-refractivity contribution in [1.29, 1.82) is 0 Å². The topological polar surface area (TPSA) is 64.8 Å². The molecule has 4 heteroatoms. The van der Waals surface area contributed by atoms with Crippen molar-refractivity contribution in [2.24, 2.45) is 11.7 Å². The first kappa shape index (κ1) is 10.1. The average Bonchev–Trinajstić information content (AvgIpc) is 2.94. The highest BCUT2D eigenvalue weighted by atomic mass is 16.6. The molecule has 2 fully saturated rings. The van der Waals surface area contributed by atoms with Crippen LogP contribution in [-0.2, 0) is 14.3 Å². The van der Waals surface area contributed by atoms with Gasteiger partial charge in [0.05, 0.1) is 12.2 Å². The van der Waals surface area contributed by atoms with Crippen molar-refractivity contribution in [3.63, 3.8) is 0 Å². The molecule has 0 radical (unpaired) electrons. The fraction of sp³-hybridized carbons (Fsp3) is 0.900. The van der Waals surface area contributed by atoms with Crippen LogP contribution >= 0.6 is 0 Å². The third kappa shape index (κ3) is 1.69. The van der Waals surface area contributed by atoms with Gasteiger partial charge in [0.15, 0.2) is 11.5 Å². The molecule has 4 nitrogen and oxygen atoms in total. The van der Waals surface area contributed by atoms with E-state index in [4.69, 9.17) is 15.2 Å². The van der Waals surface area contributed by atoms with E-state index in [-0.39, 0.29) is 11.7 Å². The maximum Gasteiger partial charge on any atom is 0.182 e. The lowest BCUT2D eigenvalue weighted by atomic mass is 9.83. The minimum atomic E-state index is -1.13. The number of ketones is 1. The summed E-state index contributed by atoms with van der Waals surface area (Å²) in [6, 6.07) is 0. The van der Waals surface area contributed by atoms with Crippen molar-refractivity contribution in [3.8, 4) is 0 Å². The van der Waals surface area contributed by atoms with Crippen LogP contribution in [0, 0.1) is 5.92 Å². The summed E-state index contributed by atoms with van der Waals surface area (Å²) in [7, 11) is 1.47. The minimum Gasteiger partial charge on any atom is -0.370 e. The highest BCUT2D eigenvalue weighted by Gasteiger charge is 2.48. The zero-order valence-corrected chi connectivity index (χ0v) is 8.66. The van der Waals surface area contributed by atoms with Gasteiger partial charge >= 0.3 is 0 Å². The number of Topliss-reactive ketones (excluding diaryl/α,β-unsaturated/α-hetero) is 1. The SMILES string of the molecule is COC(C)(N)C(=O)C1CCC2OC2C1. The van der Waals surface area contributed by atoms with Crippen LogP contribution in [0.3, 0.4) is 0 Å². The molecule has 0 bridgehead atoms. The van der Waals surface area contributed by atoms with Crippen LogP contribution in [0.5, 0.6) is 0 Å². The van der Waals surface area contributed by atoms with Crippen LogP contribution in [-0.4, -0.2) is 30.8 Å². The molecule has 1 saturated carbocycles. The molecule has 14 heavy (non-hydrogen) atoms. The monoisotopic (exact) mass is 199 g/mol. The normalized spacial score (nSPS) is 39.8. The first-order valence-electron chi connectivity index (χ1n) is 5.08. The average molecular weight is 199 g/mol. The van der Waals surface area contributed by atoms with Crippen molar-refractivity contribution in [2.75, 3.05) is 7.11 Å². The fourth-order valence-corrected chi connectivity index (χ4v) is 2.15. The van der Waals surface area contributed by atoms with Crippen molar-refractivity contribution < 1.29 is 14.3 Å². The molecule has 0 spiro atoms. The van der Waals surface area contributed by atoms with E-state index in [1.807, 2.05) is 0 Å². The Morgan fingerprint density at radius 1 is 1.50 bits per heavy atom. The molecule has 1 heterocycles. The zero-order valence-electron chi connectivity index (χ0n) is 8.66. The summed E-state index contributed by atoms with van der Waals surface area (Å²) in [5, 5.41) is 0. The number of carbonyl (C=O) groups is 1. The van der Waals surface area contributed by atoms with Crippen molar-refractivity contribution in [1.82, 2.24) is 0 Å². The number of nitrogens with two attached hydrogens (primary N) is 1. The van der Waals surface area contributed by atoms with Gasteiger partial charge in [0.2, 0.25) is 0 Å². The molecule has 1 saturated heterocycles. The molecule has 2 rings (SSSR count). The Hall–Kier alpha value is -0.450. The maximum absolute atomic E-state index is 11.9. The summed E-state index contributed by atoms with van der Waals surface area (Å²) in [6.45, 7) is 1.62. The third-order valence-corrected chi connectivity index (χ3v) is 3.29.